The first-order chi connectivity index (χ1) is 13.7. The molecule has 6 heteroatoms. The summed E-state index contributed by atoms with van der Waals surface area (Å²) in [4.78, 5) is 20.5. The van der Waals surface area contributed by atoms with Crippen molar-refractivity contribution in [2.24, 2.45) is 0 Å². The molecule has 0 aliphatic heterocycles. The van der Waals surface area contributed by atoms with Crippen LogP contribution in [-0.4, -0.2) is 17.1 Å². The van der Waals surface area contributed by atoms with Crippen molar-refractivity contribution < 1.29 is 9.18 Å². The summed E-state index contributed by atoms with van der Waals surface area (Å²) in [7, 11) is 0. The molecule has 3 aromatic carbocycles. The highest BCUT2D eigenvalue weighted by Gasteiger charge is 2.24. The molecule has 4 aromatic rings. The van der Waals surface area contributed by atoms with Gasteiger partial charge in [0, 0.05) is 4.90 Å². The highest BCUT2D eigenvalue weighted by atomic mass is 32.2. The molecule has 1 heterocycles. The third kappa shape index (κ3) is 3.66. The zero-order valence-electron chi connectivity index (χ0n) is 15.1. The zero-order chi connectivity index (χ0) is 19.5. The van der Waals surface area contributed by atoms with Gasteiger partial charge >= 0.3 is 0 Å². The van der Waals surface area contributed by atoms with Gasteiger partial charge in [-0.3, -0.25) is 9.69 Å². The first kappa shape index (κ1) is 18.7. The van der Waals surface area contributed by atoms with Crippen LogP contribution in [0.3, 0.4) is 0 Å². The number of amides is 1. The number of hydrogen-bond donors (Lipinski definition) is 0. The number of rotatable bonds is 5. The molecule has 0 fully saturated rings. The summed E-state index contributed by atoms with van der Waals surface area (Å²) in [5.41, 5.74) is 1.90. The number of fused-ring (bicyclic) bond motifs is 1. The second-order valence-corrected chi connectivity index (χ2v) is 8.02. The second kappa shape index (κ2) is 8.12. The smallest absolute Gasteiger partial charge is 0.261 e. The molecule has 1 amide bonds. The van der Waals surface area contributed by atoms with Crippen LogP contribution in [0.25, 0.3) is 10.2 Å². The van der Waals surface area contributed by atoms with E-state index in [0.29, 0.717) is 22.8 Å². The summed E-state index contributed by atoms with van der Waals surface area (Å²) in [6.45, 7) is 0.365. The molecule has 3 nitrogen and oxygen atoms in total. The van der Waals surface area contributed by atoms with Crippen molar-refractivity contribution in [3.8, 4) is 0 Å². The van der Waals surface area contributed by atoms with Crippen LogP contribution in [0.4, 0.5) is 9.52 Å². The van der Waals surface area contributed by atoms with Crippen molar-refractivity contribution in [1.29, 1.82) is 0 Å². The van der Waals surface area contributed by atoms with E-state index in [9.17, 15) is 9.18 Å². The maximum atomic E-state index is 14.2. The summed E-state index contributed by atoms with van der Waals surface area (Å²) < 4.78 is 14.9. The summed E-state index contributed by atoms with van der Waals surface area (Å²) in [5, 5.41) is 0.491. The number of nitrogens with zero attached hydrogens (tertiary/aromatic N) is 2. The fourth-order valence-electron chi connectivity index (χ4n) is 2.98. The Labute approximate surface area is 170 Å². The molecule has 140 valence electrons. The van der Waals surface area contributed by atoms with Gasteiger partial charge in [0.05, 0.1) is 16.8 Å². The van der Waals surface area contributed by atoms with Crippen LogP contribution in [0, 0.1) is 5.82 Å². The number of anilines is 1. The van der Waals surface area contributed by atoms with Gasteiger partial charge in [-0.2, -0.15) is 0 Å². The molecule has 0 aliphatic rings. The molecule has 1 aromatic heterocycles. The lowest BCUT2D eigenvalue weighted by atomic mass is 10.1. The summed E-state index contributed by atoms with van der Waals surface area (Å²) in [6, 6.07) is 22.1. The number of hydrogen-bond acceptors (Lipinski definition) is 4. The van der Waals surface area contributed by atoms with Gasteiger partial charge in [0.2, 0.25) is 0 Å². The standard InChI is InChI=1S/C22H17FN2OS2/c1-27-18-12-6-5-10-16(18)21(26)25(14-15-8-3-2-4-9-15)22-24-20-17(23)11-7-13-19(20)28-22/h2-13H,14H2,1H3. The third-order valence-corrected chi connectivity index (χ3v) is 6.19. The molecule has 0 N–H and O–H groups in total. The largest absolute Gasteiger partial charge is 0.279 e. The number of para-hydroxylation sites is 1. The van der Waals surface area contributed by atoms with Crippen molar-refractivity contribution in [1.82, 2.24) is 4.98 Å². The Hall–Kier alpha value is -2.70. The number of thiazole rings is 1. The molecule has 0 saturated heterocycles. The van der Waals surface area contributed by atoms with Crippen LogP contribution >= 0.6 is 23.1 Å². The molecule has 0 bridgehead atoms. The van der Waals surface area contributed by atoms with Crippen molar-refractivity contribution >= 4 is 44.4 Å². The normalized spacial score (nSPS) is 10.9. The Bertz CT molecular complexity index is 1130. The van der Waals surface area contributed by atoms with Gasteiger partial charge in [0.1, 0.15) is 11.3 Å². The van der Waals surface area contributed by atoms with Gasteiger partial charge in [0.15, 0.2) is 5.13 Å². The van der Waals surface area contributed by atoms with E-state index in [1.54, 1.807) is 11.0 Å². The van der Waals surface area contributed by atoms with E-state index in [-0.39, 0.29) is 11.7 Å². The minimum Gasteiger partial charge on any atom is -0.279 e. The monoisotopic (exact) mass is 408 g/mol. The van der Waals surface area contributed by atoms with E-state index >= 15 is 0 Å². The van der Waals surface area contributed by atoms with Crippen molar-refractivity contribution in [3.05, 3.63) is 89.7 Å². The number of carbonyl (C=O) groups is 1. The minimum absolute atomic E-state index is 0.145. The van der Waals surface area contributed by atoms with Crippen molar-refractivity contribution in [2.75, 3.05) is 11.2 Å². The van der Waals surface area contributed by atoms with Gasteiger partial charge in [-0.05, 0) is 36.1 Å². The summed E-state index contributed by atoms with van der Waals surface area (Å²) in [6.07, 6.45) is 1.95. The van der Waals surface area contributed by atoms with Crippen LogP contribution in [-0.2, 0) is 6.54 Å². The lowest BCUT2D eigenvalue weighted by Gasteiger charge is -2.21. The van der Waals surface area contributed by atoms with Crippen LogP contribution < -0.4 is 4.90 Å². The summed E-state index contributed by atoms with van der Waals surface area (Å²) >= 11 is 2.85. The number of carbonyl (C=O) groups excluding carboxylic acids is 1. The average Bonchev–Trinajstić information content (AvgIpc) is 3.17. The Morgan fingerprint density at radius 3 is 2.54 bits per heavy atom. The molecule has 0 atom stereocenters. The van der Waals surface area contributed by atoms with Crippen LogP contribution in [0.5, 0.6) is 0 Å². The predicted octanol–water partition coefficient (Wildman–Crippen LogP) is 6.00. The third-order valence-electron chi connectivity index (χ3n) is 4.36. The predicted molar refractivity (Wildman–Crippen MR) is 115 cm³/mol. The van der Waals surface area contributed by atoms with Gasteiger partial charge in [-0.25, -0.2) is 9.37 Å². The number of benzene rings is 3. The van der Waals surface area contributed by atoms with Crippen LogP contribution in [0.1, 0.15) is 15.9 Å². The lowest BCUT2D eigenvalue weighted by Crippen LogP contribution is -2.30. The van der Waals surface area contributed by atoms with E-state index in [1.807, 2.05) is 66.9 Å². The highest BCUT2D eigenvalue weighted by Crippen LogP contribution is 2.33. The number of halogens is 1. The minimum atomic E-state index is -0.378. The van der Waals surface area contributed by atoms with Gasteiger partial charge in [-0.15, -0.1) is 11.8 Å². The van der Waals surface area contributed by atoms with Gasteiger partial charge in [-0.1, -0.05) is 59.9 Å². The Balaban J connectivity index is 1.81. The quantitative estimate of drug-likeness (QED) is 0.380. The number of thioether (sulfide) groups is 1. The lowest BCUT2D eigenvalue weighted by molar-refractivity contribution is 0.0982. The molecule has 0 unspecified atom stereocenters. The Morgan fingerprint density at radius 1 is 1.04 bits per heavy atom. The molecule has 0 radical (unpaired) electrons. The van der Waals surface area contributed by atoms with E-state index in [2.05, 4.69) is 4.98 Å². The topological polar surface area (TPSA) is 33.2 Å². The molecule has 28 heavy (non-hydrogen) atoms. The maximum Gasteiger partial charge on any atom is 0.261 e. The molecular formula is C22H17FN2OS2. The first-order valence-corrected chi connectivity index (χ1v) is 10.8. The summed E-state index contributed by atoms with van der Waals surface area (Å²) in [5.74, 6) is -0.523. The maximum absolute atomic E-state index is 14.2. The van der Waals surface area contributed by atoms with E-state index in [1.165, 1.54) is 29.2 Å². The molecule has 0 aliphatic carbocycles. The Morgan fingerprint density at radius 2 is 1.79 bits per heavy atom. The average molecular weight is 409 g/mol. The SMILES string of the molecule is CSc1ccccc1C(=O)N(Cc1ccccc1)c1nc2c(F)cccc2s1. The molecule has 0 saturated carbocycles. The second-order valence-electron chi connectivity index (χ2n) is 6.16. The molecule has 0 spiro atoms. The van der Waals surface area contributed by atoms with Crippen LogP contribution in [0.15, 0.2) is 77.7 Å². The van der Waals surface area contributed by atoms with Crippen LogP contribution in [0.2, 0.25) is 0 Å². The zero-order valence-corrected chi connectivity index (χ0v) is 16.8. The fraction of sp³-hybridized carbons (Fsp3) is 0.0909. The number of aromatic nitrogens is 1. The van der Waals surface area contributed by atoms with E-state index in [0.717, 1.165) is 15.2 Å². The molecular weight excluding hydrogens is 391 g/mol. The van der Waals surface area contributed by atoms with Crippen molar-refractivity contribution in [2.45, 2.75) is 11.4 Å². The van der Waals surface area contributed by atoms with E-state index in [4.69, 9.17) is 0 Å². The first-order valence-electron chi connectivity index (χ1n) is 8.71. The fourth-order valence-corrected chi connectivity index (χ4v) is 4.55. The van der Waals surface area contributed by atoms with Crippen molar-refractivity contribution in [3.63, 3.8) is 0 Å². The Kier molecular flexibility index (Phi) is 5.41. The van der Waals surface area contributed by atoms with Gasteiger partial charge in [0.25, 0.3) is 5.91 Å². The van der Waals surface area contributed by atoms with E-state index < -0.39 is 0 Å². The molecule has 4 rings (SSSR count). The highest BCUT2D eigenvalue weighted by molar-refractivity contribution is 7.98. The van der Waals surface area contributed by atoms with Gasteiger partial charge < -0.3 is 0 Å².